The lowest BCUT2D eigenvalue weighted by molar-refractivity contribution is -0.120. The van der Waals surface area contributed by atoms with E-state index in [1.54, 1.807) is 61.7 Å². The number of carbonyl (C=O) groups excluding carboxylic acids is 2. The number of nitrogens with one attached hydrogen (secondary N) is 1. The Labute approximate surface area is 192 Å². The highest BCUT2D eigenvalue weighted by Gasteiger charge is 2.40. The fourth-order valence-electron chi connectivity index (χ4n) is 3.67. The average molecular weight is 444 g/mol. The van der Waals surface area contributed by atoms with Gasteiger partial charge in [-0.1, -0.05) is 36.4 Å². The van der Waals surface area contributed by atoms with Gasteiger partial charge in [0.05, 0.1) is 37.8 Å². The van der Waals surface area contributed by atoms with E-state index < -0.39 is 11.8 Å². The molecule has 0 unspecified atom stereocenters. The maximum absolute atomic E-state index is 13.6. The molecule has 2 amide bonds. The standard InChI is InChI=1S/C26H24N2O5/c1-4-33-20-12-8-11-18(15-20)28-25(29)23(17-9-6-5-7-10-17)24(26(28)30)27-21-14-13-19(31-2)16-22(21)32-3/h5-16,27H,4H2,1-3H3. The van der Waals surface area contributed by atoms with Gasteiger partial charge in [0.15, 0.2) is 0 Å². The second-order valence-corrected chi connectivity index (χ2v) is 7.18. The number of nitrogens with zero attached hydrogens (tertiary/aromatic N) is 1. The number of imide groups is 1. The summed E-state index contributed by atoms with van der Waals surface area (Å²) in [7, 11) is 3.09. The molecule has 1 heterocycles. The van der Waals surface area contributed by atoms with Crippen LogP contribution in [0.15, 0.2) is 78.5 Å². The van der Waals surface area contributed by atoms with E-state index in [1.165, 1.54) is 7.11 Å². The van der Waals surface area contributed by atoms with Gasteiger partial charge in [0.25, 0.3) is 11.8 Å². The van der Waals surface area contributed by atoms with Crippen LogP contribution < -0.4 is 24.4 Å². The fraction of sp³-hybridized carbons (Fsp3) is 0.154. The lowest BCUT2D eigenvalue weighted by Gasteiger charge is -2.17. The number of amides is 2. The number of rotatable bonds is 8. The molecular formula is C26H24N2O5. The highest BCUT2D eigenvalue weighted by Crippen LogP contribution is 2.37. The number of methoxy groups -OCH3 is 2. The summed E-state index contributed by atoms with van der Waals surface area (Å²) in [6.07, 6.45) is 0. The van der Waals surface area contributed by atoms with Crippen LogP contribution in [0.5, 0.6) is 17.2 Å². The zero-order chi connectivity index (χ0) is 23.4. The van der Waals surface area contributed by atoms with Crippen LogP contribution in [-0.4, -0.2) is 32.6 Å². The van der Waals surface area contributed by atoms with Crippen molar-refractivity contribution in [2.45, 2.75) is 6.92 Å². The molecule has 4 rings (SSSR count). The Morgan fingerprint density at radius 2 is 1.61 bits per heavy atom. The van der Waals surface area contributed by atoms with Gasteiger partial charge in [0.2, 0.25) is 0 Å². The smallest absolute Gasteiger partial charge is 0.282 e. The minimum Gasteiger partial charge on any atom is -0.497 e. The van der Waals surface area contributed by atoms with E-state index in [0.717, 1.165) is 4.90 Å². The van der Waals surface area contributed by atoms with Crippen LogP contribution in [0.1, 0.15) is 12.5 Å². The quantitative estimate of drug-likeness (QED) is 0.516. The lowest BCUT2D eigenvalue weighted by atomic mass is 10.0. The molecule has 0 radical (unpaired) electrons. The third-order valence-electron chi connectivity index (χ3n) is 5.20. The van der Waals surface area contributed by atoms with E-state index in [0.29, 0.717) is 40.8 Å². The van der Waals surface area contributed by atoms with Crippen LogP contribution >= 0.6 is 0 Å². The van der Waals surface area contributed by atoms with Crippen molar-refractivity contribution < 1.29 is 23.8 Å². The predicted octanol–water partition coefficient (Wildman–Crippen LogP) is 4.50. The van der Waals surface area contributed by atoms with Crippen molar-refractivity contribution in [2.24, 2.45) is 0 Å². The van der Waals surface area contributed by atoms with E-state index in [-0.39, 0.29) is 11.3 Å². The van der Waals surface area contributed by atoms with Crippen molar-refractivity contribution in [1.29, 1.82) is 0 Å². The van der Waals surface area contributed by atoms with Crippen LogP contribution in [0, 0.1) is 0 Å². The molecule has 0 atom stereocenters. The molecule has 168 valence electrons. The molecular weight excluding hydrogens is 420 g/mol. The summed E-state index contributed by atoms with van der Waals surface area (Å²) in [5, 5.41) is 3.14. The number of ether oxygens (including phenoxy) is 3. The van der Waals surface area contributed by atoms with Gasteiger partial charge in [-0.3, -0.25) is 9.59 Å². The Morgan fingerprint density at radius 1 is 0.818 bits per heavy atom. The van der Waals surface area contributed by atoms with Gasteiger partial charge >= 0.3 is 0 Å². The molecule has 3 aromatic rings. The van der Waals surface area contributed by atoms with Crippen molar-refractivity contribution in [3.63, 3.8) is 0 Å². The number of benzene rings is 3. The van der Waals surface area contributed by atoms with Crippen molar-refractivity contribution in [3.05, 3.63) is 84.1 Å². The minimum absolute atomic E-state index is 0.163. The van der Waals surface area contributed by atoms with Crippen molar-refractivity contribution in [2.75, 3.05) is 31.0 Å². The van der Waals surface area contributed by atoms with Crippen molar-refractivity contribution >= 4 is 28.8 Å². The zero-order valence-corrected chi connectivity index (χ0v) is 18.6. The van der Waals surface area contributed by atoms with Crippen molar-refractivity contribution in [1.82, 2.24) is 0 Å². The molecule has 0 aliphatic carbocycles. The minimum atomic E-state index is -0.467. The lowest BCUT2D eigenvalue weighted by Crippen LogP contribution is -2.32. The average Bonchev–Trinajstić information content (AvgIpc) is 3.09. The summed E-state index contributed by atoms with van der Waals surface area (Å²) >= 11 is 0. The van der Waals surface area contributed by atoms with Gasteiger partial charge in [-0.05, 0) is 36.8 Å². The first-order chi connectivity index (χ1) is 16.1. The fourth-order valence-corrected chi connectivity index (χ4v) is 3.67. The highest BCUT2D eigenvalue weighted by atomic mass is 16.5. The largest absolute Gasteiger partial charge is 0.497 e. The Balaban J connectivity index is 1.80. The van der Waals surface area contributed by atoms with Gasteiger partial charge < -0.3 is 19.5 Å². The van der Waals surface area contributed by atoms with Gasteiger partial charge in [0, 0.05) is 12.1 Å². The van der Waals surface area contributed by atoms with Crippen molar-refractivity contribution in [3.8, 4) is 17.2 Å². The Kier molecular flexibility index (Phi) is 6.31. The summed E-state index contributed by atoms with van der Waals surface area (Å²) in [6, 6.07) is 21.2. The monoisotopic (exact) mass is 444 g/mol. The molecule has 0 spiro atoms. The second-order valence-electron chi connectivity index (χ2n) is 7.18. The number of anilines is 2. The van der Waals surface area contributed by atoms with Gasteiger partial charge in [-0.15, -0.1) is 0 Å². The number of hydrogen-bond donors (Lipinski definition) is 1. The molecule has 1 aliphatic rings. The van der Waals surface area contributed by atoms with E-state index >= 15 is 0 Å². The van der Waals surface area contributed by atoms with Gasteiger partial charge in [-0.2, -0.15) is 0 Å². The van der Waals surface area contributed by atoms with E-state index in [2.05, 4.69) is 5.32 Å². The molecule has 0 saturated heterocycles. The first-order valence-electron chi connectivity index (χ1n) is 10.5. The maximum atomic E-state index is 13.6. The van der Waals surface area contributed by atoms with Crippen LogP contribution in [0.2, 0.25) is 0 Å². The Morgan fingerprint density at radius 3 is 2.30 bits per heavy atom. The van der Waals surface area contributed by atoms with Gasteiger partial charge in [-0.25, -0.2) is 4.90 Å². The Bertz CT molecular complexity index is 1220. The third kappa shape index (κ3) is 4.25. The maximum Gasteiger partial charge on any atom is 0.282 e. The van der Waals surface area contributed by atoms with E-state index in [4.69, 9.17) is 14.2 Å². The molecule has 0 fully saturated rings. The number of hydrogen-bond acceptors (Lipinski definition) is 6. The summed E-state index contributed by atoms with van der Waals surface area (Å²) in [5.41, 5.74) is 2.04. The molecule has 1 aliphatic heterocycles. The number of carbonyl (C=O) groups is 2. The zero-order valence-electron chi connectivity index (χ0n) is 18.6. The topological polar surface area (TPSA) is 77.1 Å². The van der Waals surface area contributed by atoms with Crippen LogP contribution in [0.4, 0.5) is 11.4 Å². The first-order valence-corrected chi connectivity index (χ1v) is 10.5. The van der Waals surface area contributed by atoms with E-state index in [1.807, 2.05) is 25.1 Å². The predicted molar refractivity (Wildman–Crippen MR) is 127 cm³/mol. The summed E-state index contributed by atoms with van der Waals surface area (Å²) in [5.74, 6) is 0.777. The molecule has 7 heteroatoms. The van der Waals surface area contributed by atoms with E-state index in [9.17, 15) is 9.59 Å². The molecule has 3 aromatic carbocycles. The van der Waals surface area contributed by atoms with Crippen LogP contribution in [0.25, 0.3) is 5.57 Å². The summed E-state index contributed by atoms with van der Waals surface area (Å²) < 4.78 is 16.3. The SMILES string of the molecule is CCOc1cccc(N2C(=O)C(Nc3ccc(OC)cc3OC)=C(c3ccccc3)C2=O)c1. The molecule has 0 bridgehead atoms. The molecule has 7 nitrogen and oxygen atoms in total. The molecule has 0 saturated carbocycles. The van der Waals surface area contributed by atoms with Crippen LogP contribution in [-0.2, 0) is 9.59 Å². The highest BCUT2D eigenvalue weighted by molar-refractivity contribution is 6.46. The first kappa shape index (κ1) is 22.0. The summed E-state index contributed by atoms with van der Waals surface area (Å²) in [6.45, 7) is 2.35. The molecule has 0 aromatic heterocycles. The summed E-state index contributed by atoms with van der Waals surface area (Å²) in [4.78, 5) is 28.3. The molecule has 33 heavy (non-hydrogen) atoms. The third-order valence-corrected chi connectivity index (χ3v) is 5.20. The molecule has 1 N–H and O–H groups in total. The van der Waals surface area contributed by atoms with Gasteiger partial charge in [0.1, 0.15) is 22.9 Å². The second kappa shape index (κ2) is 9.48. The normalized spacial score (nSPS) is 13.4. The Hall–Kier alpha value is -4.26. The van der Waals surface area contributed by atoms with Crippen LogP contribution in [0.3, 0.4) is 0 Å².